The molecule has 0 aliphatic carbocycles. The predicted molar refractivity (Wildman–Crippen MR) is 59.9 cm³/mol. The van der Waals surface area contributed by atoms with Crippen LogP contribution in [0.15, 0.2) is 24.3 Å². The average Bonchev–Trinajstić information content (AvgIpc) is 2.21. The third-order valence-corrected chi connectivity index (χ3v) is 1.96. The first-order chi connectivity index (χ1) is 7.11. The number of anilines is 1. The number of carbonyl (C=O) groups is 1. The van der Waals surface area contributed by atoms with Crippen molar-refractivity contribution in [2.75, 3.05) is 11.9 Å². The van der Waals surface area contributed by atoms with E-state index in [-0.39, 0.29) is 18.7 Å². The van der Waals surface area contributed by atoms with Crippen molar-refractivity contribution in [1.82, 2.24) is 5.32 Å². The molecule has 3 N–H and O–H groups in total. The van der Waals surface area contributed by atoms with Crippen molar-refractivity contribution >= 4 is 11.7 Å². The van der Waals surface area contributed by atoms with E-state index < -0.39 is 0 Å². The fourth-order valence-electron chi connectivity index (χ4n) is 1.07. The molecule has 0 heterocycles. The van der Waals surface area contributed by atoms with Gasteiger partial charge in [0.05, 0.1) is 12.6 Å². The summed E-state index contributed by atoms with van der Waals surface area (Å²) in [4.78, 5) is 11.3. The molecule has 0 spiro atoms. The summed E-state index contributed by atoms with van der Waals surface area (Å²) < 4.78 is 0. The maximum Gasteiger partial charge on any atom is 0.319 e. The minimum absolute atomic E-state index is 0.0681. The fourth-order valence-corrected chi connectivity index (χ4v) is 1.07. The third-order valence-electron chi connectivity index (χ3n) is 1.96. The quantitative estimate of drug-likeness (QED) is 0.705. The third kappa shape index (κ3) is 3.99. The van der Waals surface area contributed by atoms with Crippen LogP contribution in [0.3, 0.4) is 0 Å². The highest BCUT2D eigenvalue weighted by atomic mass is 16.3. The highest BCUT2D eigenvalue weighted by molar-refractivity contribution is 5.89. The molecule has 0 saturated heterocycles. The van der Waals surface area contributed by atoms with Crippen molar-refractivity contribution in [3.05, 3.63) is 29.8 Å². The maximum absolute atomic E-state index is 11.3. The van der Waals surface area contributed by atoms with Crippen LogP contribution in [0.2, 0.25) is 0 Å². The first-order valence-corrected chi connectivity index (χ1v) is 4.87. The standard InChI is InChI=1S/C11H16N2O2/c1-8-3-5-10(6-4-8)13-11(15)12-9(2)7-14/h3-6,9,14H,7H2,1-2H3,(H2,12,13,15)/t9-/m0/s1. The van der Waals surface area contributed by atoms with Gasteiger partial charge in [-0.3, -0.25) is 0 Å². The van der Waals surface area contributed by atoms with Gasteiger partial charge in [0.15, 0.2) is 0 Å². The van der Waals surface area contributed by atoms with Gasteiger partial charge in [0.1, 0.15) is 0 Å². The van der Waals surface area contributed by atoms with Gasteiger partial charge in [-0.25, -0.2) is 4.79 Å². The van der Waals surface area contributed by atoms with Crippen LogP contribution in [0.1, 0.15) is 12.5 Å². The summed E-state index contributed by atoms with van der Waals surface area (Å²) in [5.74, 6) is 0. The van der Waals surface area contributed by atoms with Crippen molar-refractivity contribution < 1.29 is 9.90 Å². The van der Waals surface area contributed by atoms with Crippen LogP contribution in [-0.4, -0.2) is 23.8 Å². The zero-order valence-corrected chi connectivity index (χ0v) is 8.95. The fraction of sp³-hybridized carbons (Fsp3) is 0.364. The van der Waals surface area contributed by atoms with Gasteiger partial charge in [-0.05, 0) is 26.0 Å². The lowest BCUT2D eigenvalue weighted by Gasteiger charge is -2.11. The SMILES string of the molecule is Cc1ccc(NC(=O)N[C@@H](C)CO)cc1. The minimum Gasteiger partial charge on any atom is -0.394 e. The van der Waals surface area contributed by atoms with Crippen LogP contribution < -0.4 is 10.6 Å². The van der Waals surface area contributed by atoms with Crippen LogP contribution >= 0.6 is 0 Å². The molecule has 1 aromatic rings. The summed E-state index contributed by atoms with van der Waals surface area (Å²) in [5.41, 5.74) is 1.88. The van der Waals surface area contributed by atoms with Crippen molar-refractivity contribution in [2.45, 2.75) is 19.9 Å². The number of amides is 2. The van der Waals surface area contributed by atoms with Crippen LogP contribution in [0.5, 0.6) is 0 Å². The Morgan fingerprint density at radius 1 is 1.40 bits per heavy atom. The topological polar surface area (TPSA) is 61.4 Å². The molecule has 15 heavy (non-hydrogen) atoms. The molecule has 0 radical (unpaired) electrons. The number of hydrogen-bond donors (Lipinski definition) is 3. The summed E-state index contributed by atoms with van der Waals surface area (Å²) in [7, 11) is 0. The number of carbonyl (C=O) groups excluding carboxylic acids is 1. The van der Waals surface area contributed by atoms with Crippen molar-refractivity contribution in [3.8, 4) is 0 Å². The predicted octanol–water partition coefficient (Wildman–Crippen LogP) is 1.50. The summed E-state index contributed by atoms with van der Waals surface area (Å²) >= 11 is 0. The van der Waals surface area contributed by atoms with Gasteiger partial charge in [-0.1, -0.05) is 17.7 Å². The molecule has 1 rings (SSSR count). The molecule has 1 atom stereocenters. The normalized spacial score (nSPS) is 11.9. The van der Waals surface area contributed by atoms with Crippen LogP contribution in [0.4, 0.5) is 10.5 Å². The molecule has 0 saturated carbocycles. The lowest BCUT2D eigenvalue weighted by Crippen LogP contribution is -2.38. The van der Waals surface area contributed by atoms with Gasteiger partial charge in [-0.2, -0.15) is 0 Å². The van der Waals surface area contributed by atoms with E-state index >= 15 is 0 Å². The first kappa shape index (κ1) is 11.5. The zero-order chi connectivity index (χ0) is 11.3. The molecular weight excluding hydrogens is 192 g/mol. The number of benzene rings is 1. The number of urea groups is 1. The van der Waals surface area contributed by atoms with Gasteiger partial charge in [0.25, 0.3) is 0 Å². The molecule has 0 aromatic heterocycles. The van der Waals surface area contributed by atoms with Crippen molar-refractivity contribution in [1.29, 1.82) is 0 Å². The van der Waals surface area contributed by atoms with Gasteiger partial charge in [0.2, 0.25) is 0 Å². The molecule has 82 valence electrons. The van der Waals surface area contributed by atoms with E-state index in [4.69, 9.17) is 5.11 Å². The van der Waals surface area contributed by atoms with Gasteiger partial charge >= 0.3 is 6.03 Å². The molecule has 4 heteroatoms. The summed E-state index contributed by atoms with van der Waals surface area (Å²) in [5, 5.41) is 14.0. The Morgan fingerprint density at radius 3 is 2.53 bits per heavy atom. The lowest BCUT2D eigenvalue weighted by atomic mass is 10.2. The minimum atomic E-state index is -0.305. The Bertz CT molecular complexity index is 322. The van der Waals surface area contributed by atoms with Crippen LogP contribution in [-0.2, 0) is 0 Å². The van der Waals surface area contributed by atoms with E-state index in [9.17, 15) is 4.79 Å². The summed E-state index contributed by atoms with van der Waals surface area (Å²) in [6.07, 6.45) is 0. The van der Waals surface area contributed by atoms with Crippen molar-refractivity contribution in [2.24, 2.45) is 0 Å². The van der Waals surface area contributed by atoms with Crippen LogP contribution in [0.25, 0.3) is 0 Å². The molecule has 4 nitrogen and oxygen atoms in total. The van der Waals surface area contributed by atoms with Gasteiger partial charge in [-0.15, -0.1) is 0 Å². The van der Waals surface area contributed by atoms with Crippen molar-refractivity contribution in [3.63, 3.8) is 0 Å². The van der Waals surface area contributed by atoms with Gasteiger partial charge < -0.3 is 15.7 Å². The van der Waals surface area contributed by atoms with Crippen LogP contribution in [0, 0.1) is 6.92 Å². The molecule has 0 unspecified atom stereocenters. The molecule has 1 aromatic carbocycles. The molecule has 0 aliphatic heterocycles. The Labute approximate surface area is 89.3 Å². The Balaban J connectivity index is 2.48. The Morgan fingerprint density at radius 2 is 2.00 bits per heavy atom. The first-order valence-electron chi connectivity index (χ1n) is 4.87. The molecule has 2 amide bonds. The number of nitrogens with one attached hydrogen (secondary N) is 2. The molecule has 0 aliphatic rings. The van der Waals surface area contributed by atoms with E-state index in [1.54, 1.807) is 6.92 Å². The summed E-state index contributed by atoms with van der Waals surface area (Å²) in [6, 6.07) is 6.96. The van der Waals surface area contributed by atoms with Gasteiger partial charge in [0, 0.05) is 5.69 Å². The van der Waals surface area contributed by atoms with E-state index in [0.29, 0.717) is 0 Å². The highest BCUT2D eigenvalue weighted by Gasteiger charge is 2.05. The Hall–Kier alpha value is -1.55. The molecule has 0 fully saturated rings. The molecule has 0 bridgehead atoms. The average molecular weight is 208 g/mol. The number of rotatable bonds is 3. The van der Waals surface area contributed by atoms with E-state index in [2.05, 4.69) is 10.6 Å². The number of aryl methyl sites for hydroxylation is 1. The second-order valence-electron chi connectivity index (χ2n) is 3.55. The number of aliphatic hydroxyl groups excluding tert-OH is 1. The smallest absolute Gasteiger partial charge is 0.319 e. The lowest BCUT2D eigenvalue weighted by molar-refractivity contribution is 0.229. The summed E-state index contributed by atoms with van der Waals surface area (Å²) in [6.45, 7) is 3.65. The number of aliphatic hydroxyl groups is 1. The monoisotopic (exact) mass is 208 g/mol. The second-order valence-corrected chi connectivity index (χ2v) is 3.55. The maximum atomic E-state index is 11.3. The van der Waals surface area contributed by atoms with E-state index in [0.717, 1.165) is 11.3 Å². The van der Waals surface area contributed by atoms with E-state index in [1.165, 1.54) is 0 Å². The second kappa shape index (κ2) is 5.36. The molecular formula is C11H16N2O2. The Kier molecular flexibility index (Phi) is 4.12. The largest absolute Gasteiger partial charge is 0.394 e. The van der Waals surface area contributed by atoms with E-state index in [1.807, 2.05) is 31.2 Å². The zero-order valence-electron chi connectivity index (χ0n) is 8.95. The highest BCUT2D eigenvalue weighted by Crippen LogP contribution is 2.07. The number of hydrogen-bond acceptors (Lipinski definition) is 2.